The standard InChI is InChI=1S/C11H14BrClN2O/c1-14-6-2-3-11(16)15-10-7-8(13)4-5-9(10)12/h4-5,7,14H,2-3,6H2,1H3,(H,15,16). The van der Waals surface area contributed by atoms with E-state index in [0.717, 1.165) is 17.4 Å². The van der Waals surface area contributed by atoms with Crippen LogP contribution >= 0.6 is 27.5 Å². The van der Waals surface area contributed by atoms with E-state index in [0.29, 0.717) is 17.1 Å². The lowest BCUT2D eigenvalue weighted by molar-refractivity contribution is -0.116. The van der Waals surface area contributed by atoms with Crippen molar-refractivity contribution in [3.05, 3.63) is 27.7 Å². The van der Waals surface area contributed by atoms with Crippen molar-refractivity contribution in [3.63, 3.8) is 0 Å². The Hall–Kier alpha value is -0.580. The molecule has 0 unspecified atom stereocenters. The molecule has 0 bridgehead atoms. The third kappa shape index (κ3) is 4.51. The summed E-state index contributed by atoms with van der Waals surface area (Å²) in [7, 11) is 1.87. The normalized spacial score (nSPS) is 10.2. The van der Waals surface area contributed by atoms with Crippen LogP contribution in [0.3, 0.4) is 0 Å². The largest absolute Gasteiger partial charge is 0.325 e. The van der Waals surface area contributed by atoms with Crippen LogP contribution < -0.4 is 10.6 Å². The number of amides is 1. The number of carbonyl (C=O) groups is 1. The monoisotopic (exact) mass is 304 g/mol. The van der Waals surface area contributed by atoms with Crippen LogP contribution in [0.1, 0.15) is 12.8 Å². The zero-order chi connectivity index (χ0) is 12.0. The van der Waals surface area contributed by atoms with Crippen LogP contribution in [0.15, 0.2) is 22.7 Å². The summed E-state index contributed by atoms with van der Waals surface area (Å²) < 4.78 is 0.832. The second-order valence-electron chi connectivity index (χ2n) is 3.38. The van der Waals surface area contributed by atoms with Gasteiger partial charge in [0.2, 0.25) is 5.91 Å². The van der Waals surface area contributed by atoms with Gasteiger partial charge in [0.15, 0.2) is 0 Å². The van der Waals surface area contributed by atoms with Crippen LogP contribution in [0.2, 0.25) is 5.02 Å². The number of halogens is 2. The first kappa shape index (κ1) is 13.5. The van der Waals surface area contributed by atoms with Crippen molar-refractivity contribution in [1.82, 2.24) is 5.32 Å². The van der Waals surface area contributed by atoms with Crippen molar-refractivity contribution in [1.29, 1.82) is 0 Å². The van der Waals surface area contributed by atoms with E-state index in [9.17, 15) is 4.79 Å². The summed E-state index contributed by atoms with van der Waals surface area (Å²) in [6, 6.07) is 5.30. The van der Waals surface area contributed by atoms with Crippen LogP contribution in [0.25, 0.3) is 0 Å². The van der Waals surface area contributed by atoms with E-state index in [1.54, 1.807) is 12.1 Å². The Labute approximate surface area is 109 Å². The van der Waals surface area contributed by atoms with Gasteiger partial charge in [0.25, 0.3) is 0 Å². The molecule has 2 N–H and O–H groups in total. The quantitative estimate of drug-likeness (QED) is 0.821. The number of hydrogen-bond donors (Lipinski definition) is 2. The smallest absolute Gasteiger partial charge is 0.224 e. The second-order valence-corrected chi connectivity index (χ2v) is 4.67. The van der Waals surface area contributed by atoms with Gasteiger partial charge in [0, 0.05) is 15.9 Å². The van der Waals surface area contributed by atoms with Gasteiger partial charge in [-0.25, -0.2) is 0 Å². The molecular weight excluding hydrogens is 291 g/mol. The Morgan fingerprint density at radius 1 is 1.50 bits per heavy atom. The van der Waals surface area contributed by atoms with Gasteiger partial charge in [0.1, 0.15) is 0 Å². The summed E-state index contributed by atoms with van der Waals surface area (Å²) in [5.41, 5.74) is 0.710. The Bertz CT molecular complexity index is 371. The maximum Gasteiger partial charge on any atom is 0.224 e. The number of benzene rings is 1. The third-order valence-electron chi connectivity index (χ3n) is 2.03. The van der Waals surface area contributed by atoms with E-state index in [1.165, 1.54) is 0 Å². The fourth-order valence-electron chi connectivity index (χ4n) is 1.23. The van der Waals surface area contributed by atoms with Crippen molar-refractivity contribution in [3.8, 4) is 0 Å². The SMILES string of the molecule is CNCCCC(=O)Nc1cc(Cl)ccc1Br. The van der Waals surface area contributed by atoms with Gasteiger partial charge in [-0.05, 0) is 54.1 Å². The van der Waals surface area contributed by atoms with Crippen LogP contribution in [0.5, 0.6) is 0 Å². The molecule has 0 aliphatic heterocycles. The maximum atomic E-state index is 11.5. The maximum absolute atomic E-state index is 11.5. The van der Waals surface area contributed by atoms with Crippen LogP contribution in [0.4, 0.5) is 5.69 Å². The highest BCUT2D eigenvalue weighted by Gasteiger charge is 2.05. The van der Waals surface area contributed by atoms with Crippen LogP contribution in [-0.2, 0) is 4.79 Å². The van der Waals surface area contributed by atoms with Gasteiger partial charge in [-0.2, -0.15) is 0 Å². The lowest BCUT2D eigenvalue weighted by Gasteiger charge is -2.07. The minimum absolute atomic E-state index is 0.00165. The summed E-state index contributed by atoms with van der Waals surface area (Å²) in [5.74, 6) is -0.00165. The fourth-order valence-corrected chi connectivity index (χ4v) is 1.75. The topological polar surface area (TPSA) is 41.1 Å². The number of anilines is 1. The summed E-state index contributed by atoms with van der Waals surface area (Å²) in [4.78, 5) is 11.5. The molecule has 3 nitrogen and oxygen atoms in total. The minimum Gasteiger partial charge on any atom is -0.325 e. The van der Waals surface area contributed by atoms with Gasteiger partial charge in [-0.3, -0.25) is 4.79 Å². The van der Waals surface area contributed by atoms with E-state index < -0.39 is 0 Å². The minimum atomic E-state index is -0.00165. The van der Waals surface area contributed by atoms with Gasteiger partial charge >= 0.3 is 0 Å². The van der Waals surface area contributed by atoms with Crippen LogP contribution in [-0.4, -0.2) is 19.5 Å². The fraction of sp³-hybridized carbons (Fsp3) is 0.364. The Balaban J connectivity index is 2.52. The summed E-state index contributed by atoms with van der Waals surface area (Å²) in [5, 5.41) is 6.41. The molecule has 1 aromatic rings. The average molecular weight is 306 g/mol. The van der Waals surface area contributed by atoms with E-state index in [-0.39, 0.29) is 5.91 Å². The van der Waals surface area contributed by atoms with E-state index in [1.807, 2.05) is 13.1 Å². The molecule has 1 amide bonds. The highest BCUT2D eigenvalue weighted by atomic mass is 79.9. The molecule has 16 heavy (non-hydrogen) atoms. The first-order chi connectivity index (χ1) is 7.63. The zero-order valence-corrected chi connectivity index (χ0v) is 11.4. The average Bonchev–Trinajstić information content (AvgIpc) is 2.24. The summed E-state index contributed by atoms with van der Waals surface area (Å²) >= 11 is 9.20. The number of carbonyl (C=O) groups excluding carboxylic acids is 1. The van der Waals surface area contributed by atoms with Gasteiger partial charge in [0.05, 0.1) is 5.69 Å². The Morgan fingerprint density at radius 3 is 2.94 bits per heavy atom. The molecule has 5 heteroatoms. The van der Waals surface area contributed by atoms with Crippen molar-refractivity contribution in [2.45, 2.75) is 12.8 Å². The molecule has 0 saturated heterocycles. The molecule has 0 radical (unpaired) electrons. The predicted octanol–water partition coefficient (Wildman–Crippen LogP) is 3.04. The van der Waals surface area contributed by atoms with Crippen LogP contribution in [0, 0.1) is 0 Å². The lowest BCUT2D eigenvalue weighted by atomic mass is 10.2. The molecule has 0 spiro atoms. The van der Waals surface area contributed by atoms with Crippen molar-refractivity contribution in [2.24, 2.45) is 0 Å². The Morgan fingerprint density at radius 2 is 2.25 bits per heavy atom. The number of rotatable bonds is 5. The highest BCUT2D eigenvalue weighted by Crippen LogP contribution is 2.25. The van der Waals surface area contributed by atoms with Crippen molar-refractivity contribution < 1.29 is 4.79 Å². The zero-order valence-electron chi connectivity index (χ0n) is 9.02. The molecular formula is C11H14BrClN2O. The number of nitrogens with one attached hydrogen (secondary N) is 2. The lowest BCUT2D eigenvalue weighted by Crippen LogP contribution is -2.15. The van der Waals surface area contributed by atoms with E-state index in [2.05, 4.69) is 26.6 Å². The first-order valence-electron chi connectivity index (χ1n) is 5.03. The predicted molar refractivity (Wildman–Crippen MR) is 70.9 cm³/mol. The van der Waals surface area contributed by atoms with Gasteiger partial charge in [-0.15, -0.1) is 0 Å². The molecule has 1 aromatic carbocycles. The molecule has 0 atom stereocenters. The molecule has 0 aliphatic carbocycles. The number of hydrogen-bond acceptors (Lipinski definition) is 2. The Kier molecular flexibility index (Phi) is 5.80. The van der Waals surface area contributed by atoms with Gasteiger partial charge < -0.3 is 10.6 Å². The van der Waals surface area contributed by atoms with Gasteiger partial charge in [-0.1, -0.05) is 11.6 Å². The third-order valence-corrected chi connectivity index (χ3v) is 2.96. The molecule has 88 valence electrons. The summed E-state index contributed by atoms with van der Waals surface area (Å²) in [6.07, 6.45) is 1.32. The molecule has 0 heterocycles. The molecule has 0 saturated carbocycles. The van der Waals surface area contributed by atoms with E-state index >= 15 is 0 Å². The second kappa shape index (κ2) is 6.89. The van der Waals surface area contributed by atoms with Crippen molar-refractivity contribution in [2.75, 3.05) is 18.9 Å². The molecule has 0 aromatic heterocycles. The van der Waals surface area contributed by atoms with Crippen molar-refractivity contribution >= 4 is 39.1 Å². The van der Waals surface area contributed by atoms with E-state index in [4.69, 9.17) is 11.6 Å². The first-order valence-corrected chi connectivity index (χ1v) is 6.20. The summed E-state index contributed by atoms with van der Waals surface area (Å²) in [6.45, 7) is 0.837. The molecule has 0 aliphatic rings. The molecule has 0 fully saturated rings. The molecule has 1 rings (SSSR count). The highest BCUT2D eigenvalue weighted by molar-refractivity contribution is 9.10.